The minimum absolute atomic E-state index is 0.263. The lowest BCUT2D eigenvalue weighted by Gasteiger charge is -2.25. The van der Waals surface area contributed by atoms with E-state index in [1.54, 1.807) is 0 Å². The SMILES string of the molecule is CC.CC.CC.O=C1CCN(Cc2ccc(C(F)(F)F)cc2)CC1. The van der Waals surface area contributed by atoms with Crippen molar-refractivity contribution in [3.05, 3.63) is 35.4 Å². The summed E-state index contributed by atoms with van der Waals surface area (Å²) in [5, 5.41) is 0. The van der Waals surface area contributed by atoms with Gasteiger partial charge in [-0.1, -0.05) is 53.7 Å². The van der Waals surface area contributed by atoms with Gasteiger partial charge in [0.15, 0.2) is 0 Å². The first kappa shape index (κ1) is 24.9. The highest BCUT2D eigenvalue weighted by atomic mass is 19.4. The molecule has 0 spiro atoms. The third-order valence-electron chi connectivity index (χ3n) is 3.10. The highest BCUT2D eigenvalue weighted by Crippen LogP contribution is 2.29. The molecule has 0 radical (unpaired) electrons. The molecule has 140 valence electrons. The molecule has 1 fully saturated rings. The summed E-state index contributed by atoms with van der Waals surface area (Å²) < 4.78 is 37.1. The number of benzene rings is 1. The van der Waals surface area contributed by atoms with E-state index in [2.05, 4.69) is 4.90 Å². The molecule has 2 rings (SSSR count). The lowest BCUT2D eigenvalue weighted by Crippen LogP contribution is -2.33. The highest BCUT2D eigenvalue weighted by molar-refractivity contribution is 5.79. The van der Waals surface area contributed by atoms with Crippen molar-refractivity contribution in [3.63, 3.8) is 0 Å². The van der Waals surface area contributed by atoms with Gasteiger partial charge in [0, 0.05) is 32.5 Å². The van der Waals surface area contributed by atoms with Crippen LogP contribution >= 0.6 is 0 Å². The Morgan fingerprint density at radius 2 is 1.29 bits per heavy atom. The molecule has 1 aliphatic heterocycles. The van der Waals surface area contributed by atoms with Crippen molar-refractivity contribution in [1.82, 2.24) is 4.90 Å². The average Bonchev–Trinajstić information content (AvgIpc) is 2.62. The monoisotopic (exact) mass is 347 g/mol. The number of nitrogens with zero attached hydrogens (tertiary/aromatic N) is 1. The van der Waals surface area contributed by atoms with Gasteiger partial charge in [0.05, 0.1) is 5.56 Å². The lowest BCUT2D eigenvalue weighted by atomic mass is 10.1. The van der Waals surface area contributed by atoms with Gasteiger partial charge in [-0.2, -0.15) is 13.2 Å². The van der Waals surface area contributed by atoms with Crippen LogP contribution in [0.2, 0.25) is 0 Å². The van der Waals surface area contributed by atoms with Gasteiger partial charge in [0.25, 0.3) is 0 Å². The Labute approximate surface area is 145 Å². The Balaban J connectivity index is 0. The zero-order valence-corrected chi connectivity index (χ0v) is 15.8. The molecule has 0 unspecified atom stereocenters. The molecule has 1 saturated heterocycles. The number of piperidine rings is 1. The van der Waals surface area contributed by atoms with Crippen LogP contribution in [0.5, 0.6) is 0 Å². The second kappa shape index (κ2) is 14.0. The molecular weight excluding hydrogens is 315 g/mol. The number of hydrogen-bond acceptors (Lipinski definition) is 2. The van der Waals surface area contributed by atoms with Crippen molar-refractivity contribution in [2.75, 3.05) is 13.1 Å². The Hall–Kier alpha value is -1.36. The van der Waals surface area contributed by atoms with E-state index < -0.39 is 11.7 Å². The Morgan fingerprint density at radius 3 is 1.67 bits per heavy atom. The van der Waals surface area contributed by atoms with E-state index in [1.807, 2.05) is 41.5 Å². The fourth-order valence-electron chi connectivity index (χ4n) is 2.02. The molecule has 0 bridgehead atoms. The molecule has 24 heavy (non-hydrogen) atoms. The van der Waals surface area contributed by atoms with Crippen LogP contribution in [0.25, 0.3) is 0 Å². The Bertz CT molecular complexity index is 417. The van der Waals surface area contributed by atoms with E-state index >= 15 is 0 Å². The van der Waals surface area contributed by atoms with E-state index in [9.17, 15) is 18.0 Å². The van der Waals surface area contributed by atoms with Crippen molar-refractivity contribution >= 4 is 5.78 Å². The lowest BCUT2D eigenvalue weighted by molar-refractivity contribution is -0.137. The van der Waals surface area contributed by atoms with Gasteiger partial charge in [0.2, 0.25) is 0 Å². The average molecular weight is 347 g/mol. The minimum atomic E-state index is -4.28. The summed E-state index contributed by atoms with van der Waals surface area (Å²) in [6, 6.07) is 5.20. The van der Waals surface area contributed by atoms with Crippen LogP contribution in [0.1, 0.15) is 65.5 Å². The first-order chi connectivity index (χ1) is 11.4. The molecule has 0 aliphatic carbocycles. The molecule has 0 N–H and O–H groups in total. The van der Waals surface area contributed by atoms with E-state index in [-0.39, 0.29) is 5.78 Å². The van der Waals surface area contributed by atoms with Crippen LogP contribution in [0, 0.1) is 0 Å². The van der Waals surface area contributed by atoms with Crippen molar-refractivity contribution in [2.45, 2.75) is 67.1 Å². The number of alkyl halides is 3. The number of Topliss-reactive ketones (excluding diaryl/α,β-unsaturated/α-hetero) is 1. The number of halogens is 3. The minimum Gasteiger partial charge on any atom is -0.300 e. The number of hydrogen-bond donors (Lipinski definition) is 0. The second-order valence-corrected chi connectivity index (χ2v) is 4.51. The predicted octanol–water partition coefficient (Wildman–Crippen LogP) is 5.95. The smallest absolute Gasteiger partial charge is 0.300 e. The van der Waals surface area contributed by atoms with Crippen molar-refractivity contribution in [1.29, 1.82) is 0 Å². The van der Waals surface area contributed by atoms with Crippen molar-refractivity contribution in [3.8, 4) is 0 Å². The van der Waals surface area contributed by atoms with Gasteiger partial charge in [0.1, 0.15) is 5.78 Å². The number of carbonyl (C=O) groups is 1. The fraction of sp³-hybridized carbons (Fsp3) is 0.632. The summed E-state index contributed by atoms with van der Waals surface area (Å²) in [7, 11) is 0. The summed E-state index contributed by atoms with van der Waals surface area (Å²) in [6.07, 6.45) is -3.20. The molecular formula is C19H32F3NO. The molecule has 1 aliphatic rings. The van der Waals surface area contributed by atoms with E-state index in [0.717, 1.165) is 17.7 Å². The molecule has 1 heterocycles. The maximum Gasteiger partial charge on any atom is 0.416 e. The van der Waals surface area contributed by atoms with Gasteiger partial charge in [-0.3, -0.25) is 9.69 Å². The van der Waals surface area contributed by atoms with Gasteiger partial charge in [-0.25, -0.2) is 0 Å². The summed E-state index contributed by atoms with van der Waals surface area (Å²) >= 11 is 0. The highest BCUT2D eigenvalue weighted by Gasteiger charge is 2.30. The molecule has 0 aromatic heterocycles. The number of likely N-dealkylation sites (tertiary alicyclic amines) is 1. The molecule has 0 atom stereocenters. The molecule has 2 nitrogen and oxygen atoms in total. The summed E-state index contributed by atoms with van der Waals surface area (Å²) in [5.41, 5.74) is 0.220. The molecule has 0 saturated carbocycles. The van der Waals surface area contributed by atoms with E-state index in [4.69, 9.17) is 0 Å². The van der Waals surface area contributed by atoms with Gasteiger partial charge >= 0.3 is 6.18 Å². The quantitative estimate of drug-likeness (QED) is 0.659. The van der Waals surface area contributed by atoms with Gasteiger partial charge in [-0.05, 0) is 17.7 Å². The first-order valence-electron chi connectivity index (χ1n) is 8.85. The first-order valence-corrected chi connectivity index (χ1v) is 8.85. The van der Waals surface area contributed by atoms with Gasteiger partial charge in [-0.15, -0.1) is 0 Å². The number of carbonyl (C=O) groups excluding carboxylic acids is 1. The number of ketones is 1. The largest absolute Gasteiger partial charge is 0.416 e. The predicted molar refractivity (Wildman–Crippen MR) is 95.0 cm³/mol. The maximum atomic E-state index is 12.4. The standard InChI is InChI=1S/C13H14F3NO.3C2H6/c14-13(15,16)11-3-1-10(2-4-11)9-17-7-5-12(18)6-8-17;3*1-2/h1-4H,5-9H2;3*1-2H3. The van der Waals surface area contributed by atoms with E-state index in [1.165, 1.54) is 12.1 Å². The summed E-state index contributed by atoms with van der Waals surface area (Å²) in [6.45, 7) is 14.0. The molecule has 1 aromatic carbocycles. The Morgan fingerprint density at radius 1 is 0.875 bits per heavy atom. The third-order valence-corrected chi connectivity index (χ3v) is 3.10. The summed E-state index contributed by atoms with van der Waals surface area (Å²) in [4.78, 5) is 13.2. The zero-order chi connectivity index (χ0) is 19.2. The molecule has 0 amide bonds. The van der Waals surface area contributed by atoms with Gasteiger partial charge < -0.3 is 0 Å². The van der Waals surface area contributed by atoms with Crippen LogP contribution in [0.15, 0.2) is 24.3 Å². The van der Waals surface area contributed by atoms with Crippen LogP contribution in [0.4, 0.5) is 13.2 Å². The van der Waals surface area contributed by atoms with E-state index in [0.29, 0.717) is 32.5 Å². The molecule has 5 heteroatoms. The van der Waals surface area contributed by atoms with Crippen molar-refractivity contribution < 1.29 is 18.0 Å². The fourth-order valence-corrected chi connectivity index (χ4v) is 2.02. The van der Waals surface area contributed by atoms with Crippen LogP contribution < -0.4 is 0 Å². The Kier molecular flexibility index (Phi) is 14.5. The third kappa shape index (κ3) is 9.71. The maximum absolute atomic E-state index is 12.4. The number of rotatable bonds is 2. The molecule has 1 aromatic rings. The van der Waals surface area contributed by atoms with Crippen LogP contribution in [0.3, 0.4) is 0 Å². The normalized spacial score (nSPS) is 14.3. The second-order valence-electron chi connectivity index (χ2n) is 4.51. The van der Waals surface area contributed by atoms with Crippen LogP contribution in [-0.4, -0.2) is 23.8 Å². The topological polar surface area (TPSA) is 20.3 Å². The van der Waals surface area contributed by atoms with Crippen LogP contribution in [-0.2, 0) is 17.5 Å². The summed E-state index contributed by atoms with van der Waals surface area (Å²) in [5.74, 6) is 0.263. The zero-order valence-electron chi connectivity index (χ0n) is 15.8. The van der Waals surface area contributed by atoms with Crippen molar-refractivity contribution in [2.24, 2.45) is 0 Å².